The van der Waals surface area contributed by atoms with Gasteiger partial charge < -0.3 is 15.5 Å². The van der Waals surface area contributed by atoms with Crippen LogP contribution in [-0.4, -0.2) is 54.6 Å². The fourth-order valence-electron chi connectivity index (χ4n) is 2.97. The Kier molecular flexibility index (Phi) is 5.18. The number of hydrogen-bond acceptors (Lipinski definition) is 3. The van der Waals surface area contributed by atoms with Crippen LogP contribution in [0.25, 0.3) is 0 Å². The summed E-state index contributed by atoms with van der Waals surface area (Å²) in [6, 6.07) is -0.0604. The van der Waals surface area contributed by atoms with Crippen molar-refractivity contribution in [2.45, 2.75) is 38.1 Å². The topological polar surface area (TPSA) is 56.7 Å². The Morgan fingerprint density at radius 3 is 3.10 bits per heavy atom. The van der Waals surface area contributed by atoms with E-state index in [1.54, 1.807) is 14.1 Å². The molecule has 1 saturated carbocycles. The molecule has 2 amide bonds. The van der Waals surface area contributed by atoms with E-state index in [-0.39, 0.29) is 11.6 Å². The van der Waals surface area contributed by atoms with Gasteiger partial charge in [-0.15, -0.1) is 0 Å². The molecule has 2 fully saturated rings. The summed E-state index contributed by atoms with van der Waals surface area (Å²) in [6.07, 6.45) is 5.20. The fraction of sp³-hybridized carbons (Fsp3) is 0.857. The van der Waals surface area contributed by atoms with Crippen LogP contribution in [0.15, 0.2) is 4.99 Å². The first kappa shape index (κ1) is 15.5. The van der Waals surface area contributed by atoms with E-state index in [1.165, 1.54) is 30.6 Å². The molecule has 0 bridgehead atoms. The number of carbonyl (C=O) groups is 1. The highest BCUT2D eigenvalue weighted by molar-refractivity contribution is 8.14. The summed E-state index contributed by atoms with van der Waals surface area (Å²) in [7, 11) is 3.48. The van der Waals surface area contributed by atoms with E-state index in [0.717, 1.165) is 16.8 Å². The summed E-state index contributed by atoms with van der Waals surface area (Å²) >= 11 is 1.83. The molecular weight excluding hydrogens is 272 g/mol. The van der Waals surface area contributed by atoms with Crippen molar-refractivity contribution >= 4 is 23.0 Å². The summed E-state index contributed by atoms with van der Waals surface area (Å²) in [4.78, 5) is 17.5. The van der Waals surface area contributed by atoms with Gasteiger partial charge in [0.2, 0.25) is 0 Å². The van der Waals surface area contributed by atoms with Gasteiger partial charge in [-0.05, 0) is 18.8 Å². The van der Waals surface area contributed by atoms with Gasteiger partial charge in [0.05, 0.1) is 6.54 Å². The molecule has 2 atom stereocenters. The maximum Gasteiger partial charge on any atom is 0.316 e. The first-order chi connectivity index (χ1) is 9.51. The Balaban J connectivity index is 1.75. The van der Waals surface area contributed by atoms with E-state index in [2.05, 4.69) is 22.5 Å². The van der Waals surface area contributed by atoms with Crippen molar-refractivity contribution in [3.63, 3.8) is 0 Å². The molecule has 2 N–H and O–H groups in total. The summed E-state index contributed by atoms with van der Waals surface area (Å²) < 4.78 is 0. The third-order valence-corrected chi connectivity index (χ3v) is 5.20. The van der Waals surface area contributed by atoms with Crippen LogP contribution in [0.2, 0.25) is 0 Å². The van der Waals surface area contributed by atoms with Crippen LogP contribution >= 0.6 is 11.8 Å². The minimum absolute atomic E-state index is 0.0604. The molecule has 1 aliphatic carbocycles. The highest BCUT2D eigenvalue weighted by atomic mass is 32.2. The largest absolute Gasteiger partial charge is 0.359 e. The Labute approximate surface area is 126 Å². The molecule has 0 aromatic carbocycles. The number of thioether (sulfide) groups is 1. The predicted octanol–water partition coefficient (Wildman–Crippen LogP) is 1.90. The van der Waals surface area contributed by atoms with Gasteiger partial charge in [-0.1, -0.05) is 31.5 Å². The zero-order chi connectivity index (χ0) is 14.6. The van der Waals surface area contributed by atoms with Gasteiger partial charge in [0.1, 0.15) is 0 Å². The lowest BCUT2D eigenvalue weighted by atomic mass is 9.78. The van der Waals surface area contributed by atoms with Crippen molar-refractivity contribution in [3.05, 3.63) is 0 Å². The molecule has 2 rings (SSSR count). The molecule has 20 heavy (non-hydrogen) atoms. The minimum atomic E-state index is -0.0604. The second-order valence-electron chi connectivity index (χ2n) is 6.21. The average molecular weight is 298 g/mol. The normalized spacial score (nSPS) is 31.4. The second kappa shape index (κ2) is 6.70. The summed E-state index contributed by atoms with van der Waals surface area (Å²) in [5.74, 6) is 1.95. The van der Waals surface area contributed by atoms with Gasteiger partial charge >= 0.3 is 6.03 Å². The Bertz CT molecular complexity index is 385. The van der Waals surface area contributed by atoms with Gasteiger partial charge in [-0.2, -0.15) is 0 Å². The van der Waals surface area contributed by atoms with E-state index in [9.17, 15) is 4.79 Å². The van der Waals surface area contributed by atoms with Gasteiger partial charge in [0.25, 0.3) is 0 Å². The number of rotatable bonds is 3. The number of amides is 2. The lowest BCUT2D eigenvalue weighted by Crippen LogP contribution is -2.47. The van der Waals surface area contributed by atoms with Crippen molar-refractivity contribution in [1.82, 2.24) is 15.5 Å². The first-order valence-electron chi connectivity index (χ1n) is 7.41. The van der Waals surface area contributed by atoms with Crippen LogP contribution in [0.5, 0.6) is 0 Å². The number of amidine groups is 1. The van der Waals surface area contributed by atoms with E-state index in [0.29, 0.717) is 13.1 Å². The highest BCUT2D eigenvalue weighted by Crippen LogP contribution is 2.38. The van der Waals surface area contributed by atoms with E-state index >= 15 is 0 Å². The predicted molar refractivity (Wildman–Crippen MR) is 85.3 cm³/mol. The molecule has 6 heteroatoms. The maximum absolute atomic E-state index is 11.4. The van der Waals surface area contributed by atoms with Crippen LogP contribution in [0.4, 0.5) is 4.79 Å². The minimum Gasteiger partial charge on any atom is -0.359 e. The quantitative estimate of drug-likeness (QED) is 0.783. The zero-order valence-electron chi connectivity index (χ0n) is 12.7. The van der Waals surface area contributed by atoms with Crippen molar-refractivity contribution < 1.29 is 4.79 Å². The van der Waals surface area contributed by atoms with Crippen LogP contribution in [0, 0.1) is 5.92 Å². The lowest BCUT2D eigenvalue weighted by Gasteiger charge is -2.36. The smallest absolute Gasteiger partial charge is 0.316 e. The molecule has 1 spiro atoms. The molecule has 1 heterocycles. The Hall–Kier alpha value is -0.910. The molecule has 1 aliphatic heterocycles. The van der Waals surface area contributed by atoms with Crippen LogP contribution in [-0.2, 0) is 0 Å². The van der Waals surface area contributed by atoms with E-state index < -0.39 is 0 Å². The summed E-state index contributed by atoms with van der Waals surface area (Å²) in [6.45, 7) is 3.58. The molecular formula is C14H26N4OS. The summed E-state index contributed by atoms with van der Waals surface area (Å²) in [5, 5.41) is 7.52. The van der Waals surface area contributed by atoms with Gasteiger partial charge in [-0.25, -0.2) is 4.79 Å². The molecule has 5 nitrogen and oxygen atoms in total. The van der Waals surface area contributed by atoms with Crippen LogP contribution < -0.4 is 10.6 Å². The van der Waals surface area contributed by atoms with E-state index in [4.69, 9.17) is 0 Å². The van der Waals surface area contributed by atoms with Gasteiger partial charge in [0, 0.05) is 31.9 Å². The first-order valence-corrected chi connectivity index (χ1v) is 8.40. The SMILES string of the molecule is CC1CCCC2(CSC(=NCCNC(=O)N(C)C)N2)C1. The Morgan fingerprint density at radius 1 is 1.60 bits per heavy atom. The van der Waals surface area contributed by atoms with Crippen molar-refractivity contribution in [1.29, 1.82) is 0 Å². The third-order valence-electron chi connectivity index (χ3n) is 4.00. The standard InChI is InChI=1S/C14H26N4OS/c1-11-5-4-6-14(9-11)10-20-12(17-14)15-7-8-16-13(19)18(2)3/h11H,4-10H2,1-3H3,(H,15,17)(H,16,19). The lowest BCUT2D eigenvalue weighted by molar-refractivity contribution is 0.217. The van der Waals surface area contributed by atoms with Crippen molar-refractivity contribution in [2.24, 2.45) is 10.9 Å². The monoisotopic (exact) mass is 298 g/mol. The number of nitrogens with one attached hydrogen (secondary N) is 2. The fourth-order valence-corrected chi connectivity index (χ4v) is 4.19. The average Bonchev–Trinajstić information content (AvgIpc) is 2.76. The maximum atomic E-state index is 11.4. The molecule has 2 aliphatic rings. The van der Waals surface area contributed by atoms with Crippen molar-refractivity contribution in [2.75, 3.05) is 32.9 Å². The molecule has 2 unspecified atom stereocenters. The third kappa shape index (κ3) is 4.04. The number of aliphatic imine (C=N–C) groups is 1. The van der Waals surface area contributed by atoms with Crippen LogP contribution in [0.1, 0.15) is 32.6 Å². The Morgan fingerprint density at radius 2 is 2.40 bits per heavy atom. The van der Waals surface area contributed by atoms with Crippen molar-refractivity contribution in [3.8, 4) is 0 Å². The molecule has 114 valence electrons. The molecule has 1 saturated heterocycles. The highest BCUT2D eigenvalue weighted by Gasteiger charge is 2.40. The summed E-state index contributed by atoms with van der Waals surface area (Å²) in [5.41, 5.74) is 0.286. The zero-order valence-corrected chi connectivity index (χ0v) is 13.6. The van der Waals surface area contributed by atoms with Crippen LogP contribution in [0.3, 0.4) is 0 Å². The number of carbonyl (C=O) groups excluding carboxylic acids is 1. The van der Waals surface area contributed by atoms with Gasteiger partial charge in [0.15, 0.2) is 5.17 Å². The number of hydrogen-bond donors (Lipinski definition) is 2. The molecule has 0 radical (unpaired) electrons. The molecule has 0 aromatic heterocycles. The number of urea groups is 1. The van der Waals surface area contributed by atoms with Gasteiger partial charge in [-0.3, -0.25) is 4.99 Å². The molecule has 0 aromatic rings. The number of nitrogens with zero attached hydrogens (tertiary/aromatic N) is 2. The second-order valence-corrected chi connectivity index (χ2v) is 7.17. The van der Waals surface area contributed by atoms with E-state index in [1.807, 2.05) is 11.8 Å².